The highest BCUT2D eigenvalue weighted by molar-refractivity contribution is 5.76. The van der Waals surface area contributed by atoms with Crippen LogP contribution in [0.15, 0.2) is 23.0 Å². The molecule has 2 aromatic heterocycles. The van der Waals surface area contributed by atoms with Gasteiger partial charge in [0.1, 0.15) is 0 Å². The third kappa shape index (κ3) is 2.51. The van der Waals surface area contributed by atoms with Gasteiger partial charge >= 0.3 is 0 Å². The van der Waals surface area contributed by atoms with Crippen LogP contribution in [0.4, 0.5) is 0 Å². The molecule has 6 nitrogen and oxygen atoms in total. The van der Waals surface area contributed by atoms with E-state index in [4.69, 9.17) is 5.10 Å². The molecule has 2 aliphatic carbocycles. The van der Waals surface area contributed by atoms with Crippen molar-refractivity contribution in [2.45, 2.75) is 65.0 Å². The van der Waals surface area contributed by atoms with Gasteiger partial charge in [-0.15, -0.1) is 0 Å². The normalized spacial score (nSPS) is 29.9. The van der Waals surface area contributed by atoms with Gasteiger partial charge in [-0.1, -0.05) is 19.9 Å². The van der Waals surface area contributed by atoms with Crippen molar-refractivity contribution >= 4 is 5.91 Å². The molecular weight excluding hydrogens is 376 g/mol. The number of aryl methyl sites for hydroxylation is 2. The molecule has 30 heavy (non-hydrogen) atoms. The van der Waals surface area contributed by atoms with Gasteiger partial charge in [0.2, 0.25) is 5.91 Å². The van der Waals surface area contributed by atoms with Crippen LogP contribution in [0.1, 0.15) is 61.2 Å². The number of hydrogen-bond acceptors (Lipinski definition) is 3. The van der Waals surface area contributed by atoms with Crippen LogP contribution in [-0.4, -0.2) is 38.2 Å². The molecule has 6 rings (SSSR count). The maximum Gasteiger partial charge on any atom is 0.250 e. The molecule has 0 aromatic carbocycles. The highest BCUT2D eigenvalue weighted by atomic mass is 16.2. The number of likely N-dealkylation sites (tertiary alicyclic amines) is 1. The highest BCUT2D eigenvalue weighted by Gasteiger charge is 2.63. The van der Waals surface area contributed by atoms with Gasteiger partial charge in [-0.2, -0.15) is 5.10 Å². The summed E-state index contributed by atoms with van der Waals surface area (Å²) in [7, 11) is 0. The average Bonchev–Trinajstić information content (AvgIpc) is 3.02. The quantitative estimate of drug-likeness (QED) is 0.787. The second-order valence-electron chi connectivity index (χ2n) is 10.5. The lowest BCUT2D eigenvalue weighted by Crippen LogP contribution is -2.49. The largest absolute Gasteiger partial charge is 0.342 e. The van der Waals surface area contributed by atoms with E-state index < -0.39 is 0 Å². The van der Waals surface area contributed by atoms with Crippen LogP contribution in [-0.2, 0) is 24.3 Å². The van der Waals surface area contributed by atoms with Crippen LogP contribution in [0.5, 0.6) is 0 Å². The van der Waals surface area contributed by atoms with E-state index >= 15 is 0 Å². The second-order valence-corrected chi connectivity index (χ2v) is 10.5. The molecule has 0 spiro atoms. The Morgan fingerprint density at radius 2 is 2.07 bits per heavy atom. The van der Waals surface area contributed by atoms with Crippen molar-refractivity contribution in [1.29, 1.82) is 0 Å². The molecule has 2 aromatic rings. The number of aromatic nitrogens is 3. The Bertz CT molecular complexity index is 1110. The molecule has 6 heteroatoms. The minimum absolute atomic E-state index is 0.0890. The third-order valence-electron chi connectivity index (χ3n) is 8.43. The van der Waals surface area contributed by atoms with Gasteiger partial charge in [0.15, 0.2) is 0 Å². The topological polar surface area (TPSA) is 60.1 Å². The molecule has 2 aliphatic heterocycles. The number of fused-ring (bicyclic) bond motifs is 7. The van der Waals surface area contributed by atoms with Crippen molar-refractivity contribution in [3.8, 4) is 0 Å². The highest BCUT2D eigenvalue weighted by Crippen LogP contribution is 2.70. The summed E-state index contributed by atoms with van der Waals surface area (Å²) in [4.78, 5) is 27.3. The monoisotopic (exact) mass is 406 g/mol. The van der Waals surface area contributed by atoms with Crippen LogP contribution in [0, 0.1) is 24.2 Å². The number of carbonyl (C=O) groups excluding carboxylic acids is 1. The number of carbonyl (C=O) groups is 1. The molecule has 1 amide bonds. The first-order valence-corrected chi connectivity index (χ1v) is 11.4. The van der Waals surface area contributed by atoms with Crippen LogP contribution < -0.4 is 5.56 Å². The Morgan fingerprint density at radius 1 is 1.23 bits per heavy atom. The van der Waals surface area contributed by atoms with Gasteiger partial charge < -0.3 is 9.47 Å². The predicted octanol–water partition coefficient (Wildman–Crippen LogP) is 2.68. The van der Waals surface area contributed by atoms with E-state index in [0.717, 1.165) is 49.8 Å². The lowest BCUT2D eigenvalue weighted by atomic mass is 9.83. The number of nitrogens with zero attached hydrogens (tertiary/aromatic N) is 4. The summed E-state index contributed by atoms with van der Waals surface area (Å²) in [5, 5.41) is 4.80. The number of piperidine rings is 1. The minimum Gasteiger partial charge on any atom is -0.342 e. The fourth-order valence-corrected chi connectivity index (χ4v) is 6.81. The Balaban J connectivity index is 1.15. The maximum absolute atomic E-state index is 13.1. The summed E-state index contributed by atoms with van der Waals surface area (Å²) in [6.45, 7) is 9.77. The molecular formula is C24H30N4O2. The Morgan fingerprint density at radius 3 is 2.90 bits per heavy atom. The fourth-order valence-electron chi connectivity index (χ4n) is 6.81. The van der Waals surface area contributed by atoms with Gasteiger partial charge in [-0.3, -0.25) is 14.3 Å². The molecule has 158 valence electrons. The van der Waals surface area contributed by atoms with Crippen molar-refractivity contribution in [1.82, 2.24) is 19.2 Å². The van der Waals surface area contributed by atoms with E-state index in [0.29, 0.717) is 30.2 Å². The maximum atomic E-state index is 13.1. The number of pyridine rings is 1. The van der Waals surface area contributed by atoms with Gasteiger partial charge in [0, 0.05) is 61.5 Å². The molecule has 1 saturated heterocycles. The SMILES string of the molecule is Cc1nn(CCC(=O)N2C[C@@H]3C[C@H](C2)c2cccc(=O)n2C3)c2c1[C@@H]1[C@H](C2)C1(C)C. The zero-order chi connectivity index (χ0) is 20.8. The Kier molecular flexibility index (Phi) is 3.73. The van der Waals surface area contributed by atoms with E-state index in [1.54, 1.807) is 6.07 Å². The van der Waals surface area contributed by atoms with Crippen molar-refractivity contribution < 1.29 is 4.79 Å². The molecule has 2 fully saturated rings. The lowest BCUT2D eigenvalue weighted by Gasteiger charge is -2.42. The predicted molar refractivity (Wildman–Crippen MR) is 113 cm³/mol. The zero-order valence-corrected chi connectivity index (χ0v) is 18.1. The molecule has 4 heterocycles. The van der Waals surface area contributed by atoms with Crippen LogP contribution in [0.25, 0.3) is 0 Å². The minimum atomic E-state index is 0.0890. The van der Waals surface area contributed by atoms with Crippen LogP contribution in [0.3, 0.4) is 0 Å². The van der Waals surface area contributed by atoms with Gasteiger partial charge in [0.25, 0.3) is 5.56 Å². The molecule has 0 N–H and O–H groups in total. The summed E-state index contributed by atoms with van der Waals surface area (Å²) in [6.07, 6.45) is 2.70. The number of amides is 1. The van der Waals surface area contributed by atoms with Crippen LogP contribution in [0.2, 0.25) is 0 Å². The first-order valence-electron chi connectivity index (χ1n) is 11.4. The smallest absolute Gasteiger partial charge is 0.250 e. The molecule has 4 aliphatic rings. The van der Waals surface area contributed by atoms with Crippen molar-refractivity contribution in [2.24, 2.45) is 17.3 Å². The number of hydrogen-bond donors (Lipinski definition) is 0. The first kappa shape index (κ1) is 18.4. The lowest BCUT2D eigenvalue weighted by molar-refractivity contribution is -0.134. The van der Waals surface area contributed by atoms with Gasteiger partial charge in [-0.05, 0) is 49.0 Å². The van der Waals surface area contributed by atoms with E-state index in [1.165, 1.54) is 11.3 Å². The van der Waals surface area contributed by atoms with Gasteiger partial charge in [0.05, 0.1) is 5.69 Å². The van der Waals surface area contributed by atoms with Crippen molar-refractivity contribution in [3.63, 3.8) is 0 Å². The second kappa shape index (κ2) is 6.08. The van der Waals surface area contributed by atoms with E-state index in [2.05, 4.69) is 31.5 Å². The standard InChI is InChI=1S/C24H30N4O2/c1-14-22-19(10-17-23(22)24(17,2)3)28(25-14)8-7-20(29)26-11-15-9-16(13-26)18-5-4-6-21(30)27(18)12-15/h4-6,15-17,23H,7-13H2,1-3H3/t15-,16+,17-,23-/m0/s1. The van der Waals surface area contributed by atoms with E-state index in [9.17, 15) is 9.59 Å². The zero-order valence-electron chi connectivity index (χ0n) is 18.1. The molecule has 0 unspecified atom stereocenters. The summed E-state index contributed by atoms with van der Waals surface area (Å²) in [6, 6.07) is 5.55. The van der Waals surface area contributed by atoms with Crippen molar-refractivity contribution in [3.05, 3.63) is 51.2 Å². The van der Waals surface area contributed by atoms with E-state index in [1.807, 2.05) is 15.5 Å². The first-order chi connectivity index (χ1) is 14.3. The van der Waals surface area contributed by atoms with Crippen molar-refractivity contribution in [2.75, 3.05) is 13.1 Å². The summed E-state index contributed by atoms with van der Waals surface area (Å²) >= 11 is 0. The molecule has 4 atom stereocenters. The number of rotatable bonds is 3. The van der Waals surface area contributed by atoms with Gasteiger partial charge in [-0.25, -0.2) is 0 Å². The fraction of sp³-hybridized carbons (Fsp3) is 0.625. The molecule has 2 bridgehead atoms. The van der Waals surface area contributed by atoms with E-state index in [-0.39, 0.29) is 17.4 Å². The summed E-state index contributed by atoms with van der Waals surface area (Å²) in [5.74, 6) is 2.31. The Hall–Kier alpha value is -2.37. The molecule has 0 radical (unpaired) electrons. The average molecular weight is 407 g/mol. The molecule has 1 saturated carbocycles. The summed E-state index contributed by atoms with van der Waals surface area (Å²) in [5.41, 5.74) is 5.60. The summed E-state index contributed by atoms with van der Waals surface area (Å²) < 4.78 is 4.04. The van der Waals surface area contributed by atoms with Crippen LogP contribution >= 0.6 is 0 Å². The Labute approximate surface area is 176 Å². The third-order valence-corrected chi connectivity index (χ3v) is 8.43.